The van der Waals surface area contributed by atoms with E-state index in [4.69, 9.17) is 0 Å². The summed E-state index contributed by atoms with van der Waals surface area (Å²) in [4.78, 5) is 2.56. The van der Waals surface area contributed by atoms with Crippen LogP contribution in [-0.2, 0) is 13.1 Å². The molecule has 1 atom stereocenters. The molecule has 0 aromatic heterocycles. The van der Waals surface area contributed by atoms with Crippen LogP contribution in [0.1, 0.15) is 38.3 Å². The van der Waals surface area contributed by atoms with Crippen LogP contribution in [0.5, 0.6) is 0 Å². The summed E-state index contributed by atoms with van der Waals surface area (Å²) in [6.45, 7) is 12.4. The van der Waals surface area contributed by atoms with Crippen molar-refractivity contribution in [3.8, 4) is 0 Å². The van der Waals surface area contributed by atoms with Gasteiger partial charge in [-0.05, 0) is 48.5 Å². The van der Waals surface area contributed by atoms with E-state index in [-0.39, 0.29) is 0 Å². The van der Waals surface area contributed by atoms with Gasteiger partial charge in [-0.25, -0.2) is 0 Å². The van der Waals surface area contributed by atoms with Crippen LogP contribution in [0.3, 0.4) is 0 Å². The van der Waals surface area contributed by atoms with Crippen LogP contribution in [0.2, 0.25) is 0 Å². The first kappa shape index (κ1) is 16.0. The summed E-state index contributed by atoms with van der Waals surface area (Å²) < 4.78 is 1.25. The number of hydrogen-bond acceptors (Lipinski definition) is 2. The van der Waals surface area contributed by atoms with E-state index in [1.54, 1.807) is 0 Å². The number of rotatable bonds is 6. The van der Waals surface area contributed by atoms with Gasteiger partial charge in [0.15, 0.2) is 0 Å². The zero-order valence-electron chi connectivity index (χ0n) is 13.0. The highest BCUT2D eigenvalue weighted by molar-refractivity contribution is 9.10. The molecule has 1 aliphatic heterocycles. The summed E-state index contributed by atoms with van der Waals surface area (Å²) in [6, 6.07) is 6.80. The standard InChI is InChI=1S/C17H27BrN2/c1-13(2)9-19-10-15-4-5-16(17(18)8-15)12-20-7-6-14(3)11-20/h4-5,8,13-14,19H,6-7,9-12H2,1-3H3. The third-order valence-corrected chi connectivity index (χ3v) is 4.64. The lowest BCUT2D eigenvalue weighted by Crippen LogP contribution is -2.20. The van der Waals surface area contributed by atoms with Crippen molar-refractivity contribution in [1.82, 2.24) is 10.2 Å². The van der Waals surface area contributed by atoms with Crippen LogP contribution in [0.4, 0.5) is 0 Å². The molecule has 0 radical (unpaired) electrons. The predicted octanol–water partition coefficient (Wildman–Crippen LogP) is 4.04. The Kier molecular flexibility index (Phi) is 6.06. The van der Waals surface area contributed by atoms with Crippen LogP contribution in [0.15, 0.2) is 22.7 Å². The lowest BCUT2D eigenvalue weighted by molar-refractivity contribution is 0.320. The molecule has 1 saturated heterocycles. The average Bonchev–Trinajstić information content (AvgIpc) is 2.78. The number of benzene rings is 1. The molecule has 0 amide bonds. The van der Waals surface area contributed by atoms with Gasteiger partial charge in [-0.2, -0.15) is 0 Å². The summed E-state index contributed by atoms with van der Waals surface area (Å²) in [5.41, 5.74) is 2.77. The third-order valence-electron chi connectivity index (χ3n) is 3.90. The van der Waals surface area contributed by atoms with Crippen molar-refractivity contribution in [2.45, 2.75) is 40.3 Å². The van der Waals surface area contributed by atoms with Gasteiger partial charge in [0.1, 0.15) is 0 Å². The summed E-state index contributed by atoms with van der Waals surface area (Å²) in [5.74, 6) is 1.56. The molecule has 1 heterocycles. The van der Waals surface area contributed by atoms with Gasteiger partial charge < -0.3 is 5.32 Å². The zero-order valence-corrected chi connectivity index (χ0v) is 14.5. The molecule has 0 saturated carbocycles. The van der Waals surface area contributed by atoms with E-state index in [0.717, 1.165) is 25.6 Å². The fourth-order valence-corrected chi connectivity index (χ4v) is 3.30. The monoisotopic (exact) mass is 338 g/mol. The van der Waals surface area contributed by atoms with E-state index in [2.05, 4.69) is 65.1 Å². The molecular formula is C17H27BrN2. The first-order valence-electron chi connectivity index (χ1n) is 7.75. The molecule has 3 heteroatoms. The van der Waals surface area contributed by atoms with Crippen molar-refractivity contribution in [1.29, 1.82) is 0 Å². The normalized spacial score (nSPS) is 19.9. The highest BCUT2D eigenvalue weighted by atomic mass is 79.9. The molecule has 112 valence electrons. The van der Waals surface area contributed by atoms with E-state index in [1.165, 1.54) is 35.1 Å². The van der Waals surface area contributed by atoms with Gasteiger partial charge in [0.05, 0.1) is 0 Å². The molecule has 1 aromatic rings. The van der Waals surface area contributed by atoms with Gasteiger partial charge in [-0.15, -0.1) is 0 Å². The van der Waals surface area contributed by atoms with Crippen molar-refractivity contribution in [2.75, 3.05) is 19.6 Å². The van der Waals surface area contributed by atoms with Crippen molar-refractivity contribution >= 4 is 15.9 Å². The predicted molar refractivity (Wildman–Crippen MR) is 89.7 cm³/mol. The van der Waals surface area contributed by atoms with E-state index < -0.39 is 0 Å². The Morgan fingerprint density at radius 1 is 1.40 bits per heavy atom. The molecule has 1 fully saturated rings. The molecular weight excluding hydrogens is 312 g/mol. The van der Waals surface area contributed by atoms with Gasteiger partial charge in [0.2, 0.25) is 0 Å². The van der Waals surface area contributed by atoms with E-state index in [0.29, 0.717) is 5.92 Å². The fraction of sp³-hybridized carbons (Fsp3) is 0.647. The number of likely N-dealkylation sites (tertiary alicyclic amines) is 1. The molecule has 1 unspecified atom stereocenters. The molecule has 0 aliphatic carbocycles. The maximum Gasteiger partial charge on any atom is 0.0245 e. The van der Waals surface area contributed by atoms with E-state index in [1.807, 2.05) is 0 Å². The topological polar surface area (TPSA) is 15.3 Å². The number of nitrogens with one attached hydrogen (secondary N) is 1. The zero-order chi connectivity index (χ0) is 14.5. The van der Waals surface area contributed by atoms with Crippen molar-refractivity contribution in [2.24, 2.45) is 11.8 Å². The largest absolute Gasteiger partial charge is 0.312 e. The van der Waals surface area contributed by atoms with Gasteiger partial charge >= 0.3 is 0 Å². The second-order valence-corrected chi connectivity index (χ2v) is 7.43. The Labute approximate surface area is 132 Å². The Hall–Kier alpha value is -0.380. The quantitative estimate of drug-likeness (QED) is 0.842. The maximum atomic E-state index is 3.74. The third kappa shape index (κ3) is 4.87. The Morgan fingerprint density at radius 2 is 2.20 bits per heavy atom. The van der Waals surface area contributed by atoms with Crippen LogP contribution >= 0.6 is 15.9 Å². The lowest BCUT2D eigenvalue weighted by Gasteiger charge is -2.17. The maximum absolute atomic E-state index is 3.74. The fourth-order valence-electron chi connectivity index (χ4n) is 2.75. The van der Waals surface area contributed by atoms with Crippen LogP contribution in [0.25, 0.3) is 0 Å². The van der Waals surface area contributed by atoms with Gasteiger partial charge in [-0.3, -0.25) is 4.90 Å². The van der Waals surface area contributed by atoms with Gasteiger partial charge in [0, 0.05) is 24.1 Å². The molecule has 1 aliphatic rings. The molecule has 1 aromatic carbocycles. The highest BCUT2D eigenvalue weighted by Crippen LogP contribution is 2.23. The number of hydrogen-bond donors (Lipinski definition) is 1. The van der Waals surface area contributed by atoms with Gasteiger partial charge in [0.25, 0.3) is 0 Å². The Morgan fingerprint density at radius 3 is 2.80 bits per heavy atom. The SMILES string of the molecule is CC(C)CNCc1ccc(CN2CCC(C)C2)c(Br)c1. The summed E-state index contributed by atoms with van der Waals surface area (Å²) in [7, 11) is 0. The first-order valence-corrected chi connectivity index (χ1v) is 8.54. The number of halogens is 1. The van der Waals surface area contributed by atoms with Crippen LogP contribution in [-0.4, -0.2) is 24.5 Å². The van der Waals surface area contributed by atoms with Crippen molar-refractivity contribution < 1.29 is 0 Å². The minimum absolute atomic E-state index is 0.704. The second-order valence-electron chi connectivity index (χ2n) is 6.58. The first-order chi connectivity index (χ1) is 9.54. The van der Waals surface area contributed by atoms with Gasteiger partial charge in [-0.1, -0.05) is 48.8 Å². The Balaban J connectivity index is 1.88. The molecule has 0 spiro atoms. The second kappa shape index (κ2) is 7.58. The highest BCUT2D eigenvalue weighted by Gasteiger charge is 2.19. The molecule has 2 rings (SSSR count). The minimum atomic E-state index is 0.704. The minimum Gasteiger partial charge on any atom is -0.312 e. The van der Waals surface area contributed by atoms with Crippen molar-refractivity contribution in [3.63, 3.8) is 0 Å². The summed E-state index contributed by atoms with van der Waals surface area (Å²) in [5, 5.41) is 3.50. The summed E-state index contributed by atoms with van der Waals surface area (Å²) >= 11 is 3.74. The molecule has 0 bridgehead atoms. The van der Waals surface area contributed by atoms with Crippen molar-refractivity contribution in [3.05, 3.63) is 33.8 Å². The summed E-state index contributed by atoms with van der Waals surface area (Å²) in [6.07, 6.45) is 1.34. The van der Waals surface area contributed by atoms with Crippen LogP contribution < -0.4 is 5.32 Å². The molecule has 1 N–H and O–H groups in total. The lowest BCUT2D eigenvalue weighted by atomic mass is 10.1. The van der Waals surface area contributed by atoms with Crippen LogP contribution in [0, 0.1) is 11.8 Å². The smallest absolute Gasteiger partial charge is 0.0245 e. The average molecular weight is 339 g/mol. The van der Waals surface area contributed by atoms with E-state index >= 15 is 0 Å². The van der Waals surface area contributed by atoms with E-state index in [9.17, 15) is 0 Å². The molecule has 2 nitrogen and oxygen atoms in total. The number of nitrogens with zero attached hydrogens (tertiary/aromatic N) is 1. The molecule has 20 heavy (non-hydrogen) atoms. The Bertz CT molecular complexity index is 431.